The second kappa shape index (κ2) is 8.01. The molecule has 0 N–H and O–H groups in total. The number of hydrogen-bond donors (Lipinski definition) is 0. The Hall–Kier alpha value is -2.43. The molecule has 0 unspecified atom stereocenters. The summed E-state index contributed by atoms with van der Waals surface area (Å²) in [5.74, 6) is -0.845. The summed E-state index contributed by atoms with van der Waals surface area (Å²) in [6.07, 6.45) is 4.13. The molecule has 3 heterocycles. The maximum Gasteiger partial charge on any atom is 0.293 e. The number of Topliss-reactive ketones (excluding diaryl/α,β-unsaturated/α-hetero) is 1. The van der Waals surface area contributed by atoms with E-state index >= 15 is 0 Å². The van der Waals surface area contributed by atoms with Gasteiger partial charge in [0.1, 0.15) is 0 Å². The molecular formula is C20H18N2O5S3. The number of sulfonamides is 1. The van der Waals surface area contributed by atoms with Gasteiger partial charge in [0.25, 0.3) is 11.1 Å². The van der Waals surface area contributed by atoms with Crippen LogP contribution in [-0.4, -0.2) is 49.6 Å². The summed E-state index contributed by atoms with van der Waals surface area (Å²) in [5, 5.41) is 1.40. The predicted molar refractivity (Wildman–Crippen MR) is 118 cm³/mol. The number of hydrogen-bond acceptors (Lipinski definition) is 7. The number of anilines is 1. The Balaban J connectivity index is 1.53. The van der Waals surface area contributed by atoms with Crippen molar-refractivity contribution >= 4 is 61.8 Å². The molecule has 2 aliphatic rings. The molecule has 156 valence electrons. The number of imide groups is 1. The van der Waals surface area contributed by atoms with Gasteiger partial charge in [-0.05, 0) is 65.9 Å². The number of amides is 2. The fraction of sp³-hybridized carbons (Fsp3) is 0.250. The molecular weight excluding hydrogens is 444 g/mol. The third kappa shape index (κ3) is 4.07. The molecule has 0 spiro atoms. The molecule has 0 bridgehead atoms. The predicted octanol–water partition coefficient (Wildman–Crippen LogP) is 3.38. The van der Waals surface area contributed by atoms with Crippen molar-refractivity contribution in [1.82, 2.24) is 4.90 Å². The Bertz CT molecular complexity index is 1170. The minimum Gasteiger partial charge on any atom is -0.292 e. The first-order valence-corrected chi connectivity index (χ1v) is 12.7. The van der Waals surface area contributed by atoms with Crippen LogP contribution in [-0.2, 0) is 21.2 Å². The average molecular weight is 463 g/mol. The van der Waals surface area contributed by atoms with Gasteiger partial charge in [0, 0.05) is 17.0 Å². The second-order valence-electron chi connectivity index (χ2n) is 6.99. The van der Waals surface area contributed by atoms with Crippen LogP contribution in [0.15, 0.2) is 40.6 Å². The number of rotatable bonds is 5. The summed E-state index contributed by atoms with van der Waals surface area (Å²) in [7, 11) is -3.39. The molecule has 1 saturated heterocycles. The van der Waals surface area contributed by atoms with Gasteiger partial charge in [-0.25, -0.2) is 8.42 Å². The molecule has 0 saturated carbocycles. The Morgan fingerprint density at radius 2 is 2.03 bits per heavy atom. The van der Waals surface area contributed by atoms with Crippen molar-refractivity contribution in [3.05, 3.63) is 56.6 Å². The van der Waals surface area contributed by atoms with Gasteiger partial charge in [-0.3, -0.25) is 23.6 Å². The van der Waals surface area contributed by atoms with E-state index in [1.165, 1.54) is 15.6 Å². The van der Waals surface area contributed by atoms with Gasteiger partial charge in [0.05, 0.1) is 23.4 Å². The van der Waals surface area contributed by atoms with Gasteiger partial charge < -0.3 is 0 Å². The van der Waals surface area contributed by atoms with Crippen molar-refractivity contribution in [2.75, 3.05) is 23.7 Å². The van der Waals surface area contributed by atoms with Crippen molar-refractivity contribution < 1.29 is 22.8 Å². The molecule has 1 aromatic heterocycles. The lowest BCUT2D eigenvalue weighted by Gasteiger charge is -2.29. The number of nitrogens with zero attached hydrogens (tertiary/aromatic N) is 2. The minimum absolute atomic E-state index is 0.296. The maximum atomic E-state index is 12.8. The fourth-order valence-corrected chi connectivity index (χ4v) is 6.01. The zero-order valence-corrected chi connectivity index (χ0v) is 18.5. The lowest BCUT2D eigenvalue weighted by molar-refractivity contribution is -0.122. The first kappa shape index (κ1) is 20.8. The third-order valence-electron chi connectivity index (χ3n) is 4.87. The van der Waals surface area contributed by atoms with Crippen molar-refractivity contribution in [3.63, 3.8) is 0 Å². The molecule has 10 heteroatoms. The number of carbonyl (C=O) groups excluding carboxylic acids is 3. The van der Waals surface area contributed by atoms with Crippen LogP contribution in [0.4, 0.5) is 10.5 Å². The topological polar surface area (TPSA) is 91.8 Å². The van der Waals surface area contributed by atoms with Gasteiger partial charge in [0.15, 0.2) is 5.78 Å². The van der Waals surface area contributed by atoms with E-state index in [0.717, 1.165) is 33.4 Å². The van der Waals surface area contributed by atoms with Gasteiger partial charge >= 0.3 is 0 Å². The highest BCUT2D eigenvalue weighted by Gasteiger charge is 2.36. The van der Waals surface area contributed by atoms with Crippen molar-refractivity contribution in [2.24, 2.45) is 0 Å². The zero-order valence-electron chi connectivity index (χ0n) is 16.0. The van der Waals surface area contributed by atoms with E-state index in [0.29, 0.717) is 35.5 Å². The molecule has 7 nitrogen and oxygen atoms in total. The van der Waals surface area contributed by atoms with Crippen molar-refractivity contribution in [3.8, 4) is 0 Å². The first-order valence-electron chi connectivity index (χ1n) is 9.17. The first-order chi connectivity index (χ1) is 14.2. The maximum absolute atomic E-state index is 12.8. The number of ketones is 1. The van der Waals surface area contributed by atoms with Crippen molar-refractivity contribution in [2.45, 2.75) is 12.8 Å². The number of thiophene rings is 1. The lowest BCUT2D eigenvalue weighted by Crippen LogP contribution is -2.35. The van der Waals surface area contributed by atoms with E-state index in [2.05, 4.69) is 0 Å². The quantitative estimate of drug-likeness (QED) is 0.500. The van der Waals surface area contributed by atoms with E-state index in [1.54, 1.807) is 24.3 Å². The van der Waals surface area contributed by atoms with Crippen LogP contribution in [0.1, 0.15) is 27.2 Å². The van der Waals surface area contributed by atoms with Crippen LogP contribution in [0.3, 0.4) is 0 Å². The molecule has 2 aliphatic heterocycles. The molecule has 2 aromatic rings. The number of aryl methyl sites for hydroxylation is 1. The largest absolute Gasteiger partial charge is 0.293 e. The second-order valence-corrected chi connectivity index (χ2v) is 10.9. The molecule has 30 heavy (non-hydrogen) atoms. The molecule has 0 radical (unpaired) electrons. The Labute approximate surface area is 182 Å². The Morgan fingerprint density at radius 1 is 1.23 bits per heavy atom. The number of fused-ring (bicyclic) bond motifs is 1. The molecule has 4 rings (SSSR count). The average Bonchev–Trinajstić information content (AvgIpc) is 3.30. The van der Waals surface area contributed by atoms with Crippen LogP contribution >= 0.6 is 23.1 Å². The normalized spacial score (nSPS) is 18.2. The number of benzene rings is 1. The van der Waals surface area contributed by atoms with E-state index in [-0.39, 0.29) is 12.3 Å². The molecule has 1 fully saturated rings. The molecule has 1 aromatic carbocycles. The summed E-state index contributed by atoms with van der Waals surface area (Å²) in [5.41, 5.74) is 1.69. The van der Waals surface area contributed by atoms with E-state index in [4.69, 9.17) is 0 Å². The Morgan fingerprint density at radius 3 is 2.73 bits per heavy atom. The van der Waals surface area contributed by atoms with Crippen LogP contribution in [0.25, 0.3) is 6.08 Å². The highest BCUT2D eigenvalue weighted by atomic mass is 32.2. The summed E-state index contributed by atoms with van der Waals surface area (Å²) in [4.78, 5) is 39.8. The monoisotopic (exact) mass is 462 g/mol. The van der Waals surface area contributed by atoms with E-state index in [1.807, 2.05) is 17.5 Å². The van der Waals surface area contributed by atoms with Gasteiger partial charge in [-0.2, -0.15) is 0 Å². The van der Waals surface area contributed by atoms with Gasteiger partial charge in [-0.15, -0.1) is 11.3 Å². The van der Waals surface area contributed by atoms with Crippen LogP contribution < -0.4 is 4.31 Å². The highest BCUT2D eigenvalue weighted by Crippen LogP contribution is 2.34. The third-order valence-corrected chi connectivity index (χ3v) is 7.78. The summed E-state index contributed by atoms with van der Waals surface area (Å²) in [6, 6.07) is 8.52. The number of carbonyl (C=O) groups is 3. The van der Waals surface area contributed by atoms with E-state index < -0.39 is 21.2 Å². The SMILES string of the molecule is CS(=O)(=O)N1CCCc2cc(C(=O)CN3C(=O)S/C(=C\c4cccs4)C3=O)ccc21. The standard InChI is InChI=1S/C20H18N2O5S3/c1-30(26,27)22-8-2-4-13-10-14(6-7-16(13)22)17(23)12-21-19(24)18(29-20(21)25)11-15-5-3-9-28-15/h3,5-7,9-11H,2,4,8,12H2,1H3/b18-11-. The summed E-state index contributed by atoms with van der Waals surface area (Å²) in [6.45, 7) is 0.0630. The molecule has 0 aliphatic carbocycles. The van der Waals surface area contributed by atoms with E-state index in [9.17, 15) is 22.8 Å². The lowest BCUT2D eigenvalue weighted by atomic mass is 9.99. The van der Waals surface area contributed by atoms with Crippen molar-refractivity contribution in [1.29, 1.82) is 0 Å². The fourth-order valence-electron chi connectivity index (χ4n) is 3.45. The minimum atomic E-state index is -3.39. The zero-order chi connectivity index (χ0) is 21.5. The summed E-state index contributed by atoms with van der Waals surface area (Å²) < 4.78 is 25.3. The summed E-state index contributed by atoms with van der Waals surface area (Å²) >= 11 is 2.28. The van der Waals surface area contributed by atoms with Gasteiger partial charge in [-0.1, -0.05) is 6.07 Å². The van der Waals surface area contributed by atoms with Crippen LogP contribution in [0.2, 0.25) is 0 Å². The van der Waals surface area contributed by atoms with Crippen LogP contribution in [0.5, 0.6) is 0 Å². The highest BCUT2D eigenvalue weighted by molar-refractivity contribution is 8.18. The number of thioether (sulfide) groups is 1. The molecule has 0 atom stereocenters. The van der Waals surface area contributed by atoms with Crippen LogP contribution in [0, 0.1) is 0 Å². The Kier molecular flexibility index (Phi) is 5.56. The molecule has 2 amide bonds. The van der Waals surface area contributed by atoms with Gasteiger partial charge in [0.2, 0.25) is 10.0 Å². The smallest absolute Gasteiger partial charge is 0.292 e.